The van der Waals surface area contributed by atoms with Crippen LogP contribution in [0.1, 0.15) is 66.0 Å². The molecule has 1 aromatic rings. The molecule has 2 rings (SSSR count). The lowest BCUT2D eigenvalue weighted by Crippen LogP contribution is -2.50. The van der Waals surface area contributed by atoms with Crippen molar-refractivity contribution in [2.45, 2.75) is 60.4 Å². The van der Waals surface area contributed by atoms with Gasteiger partial charge in [0.1, 0.15) is 5.78 Å². The van der Waals surface area contributed by atoms with Crippen molar-refractivity contribution in [1.82, 2.24) is 15.1 Å². The highest BCUT2D eigenvalue weighted by atomic mass is 16.1. The summed E-state index contributed by atoms with van der Waals surface area (Å²) in [7, 11) is 1.88. The molecule has 1 aromatic heterocycles. The number of carbonyl (C=O) groups is 2. The summed E-state index contributed by atoms with van der Waals surface area (Å²) in [5.41, 5.74) is 0.831. The molecule has 1 N–H and O–H groups in total. The molecule has 24 heavy (non-hydrogen) atoms. The normalized spacial score (nSPS) is 24.1. The van der Waals surface area contributed by atoms with E-state index in [2.05, 4.69) is 45.0 Å². The topological polar surface area (TPSA) is 64.0 Å². The number of hydrogen-bond donors (Lipinski definition) is 1. The van der Waals surface area contributed by atoms with Crippen LogP contribution in [-0.2, 0) is 16.6 Å². The Labute approximate surface area is 145 Å². The Balaban J connectivity index is 2.03. The monoisotopic (exact) mass is 333 g/mol. The minimum atomic E-state index is -0.101. The maximum absolute atomic E-state index is 12.6. The number of rotatable bonds is 5. The zero-order valence-corrected chi connectivity index (χ0v) is 16.0. The molecule has 1 unspecified atom stereocenters. The SMILES string of the molecule is CC(=O)[C@@H]1C[C@H](CC(=O)NC(c2cnn(C)c2)C(C)(C)C)C1(C)C. The first-order valence-electron chi connectivity index (χ1n) is 8.71. The van der Waals surface area contributed by atoms with Gasteiger partial charge in [-0.15, -0.1) is 0 Å². The molecule has 5 heteroatoms. The van der Waals surface area contributed by atoms with Crippen LogP contribution in [0.5, 0.6) is 0 Å². The molecule has 134 valence electrons. The summed E-state index contributed by atoms with van der Waals surface area (Å²) in [6, 6.07) is -0.0782. The number of carbonyl (C=O) groups excluding carboxylic acids is 2. The first-order valence-corrected chi connectivity index (χ1v) is 8.71. The number of aryl methyl sites for hydroxylation is 1. The predicted octanol–water partition coefficient (Wildman–Crippen LogP) is 3.26. The maximum atomic E-state index is 12.6. The Morgan fingerprint density at radius 2 is 2.04 bits per heavy atom. The highest BCUT2D eigenvalue weighted by Gasteiger charge is 2.50. The van der Waals surface area contributed by atoms with E-state index in [-0.39, 0.29) is 40.4 Å². The van der Waals surface area contributed by atoms with E-state index in [1.54, 1.807) is 11.6 Å². The third kappa shape index (κ3) is 3.70. The van der Waals surface area contributed by atoms with E-state index in [4.69, 9.17) is 0 Å². The first-order chi connectivity index (χ1) is 10.9. The molecule has 1 amide bonds. The van der Waals surface area contributed by atoms with Crippen LogP contribution >= 0.6 is 0 Å². The van der Waals surface area contributed by atoms with Crippen molar-refractivity contribution in [3.05, 3.63) is 18.0 Å². The minimum Gasteiger partial charge on any atom is -0.349 e. The fourth-order valence-corrected chi connectivity index (χ4v) is 3.89. The van der Waals surface area contributed by atoms with E-state index in [0.717, 1.165) is 12.0 Å². The molecule has 0 saturated heterocycles. The Hall–Kier alpha value is -1.65. The average molecular weight is 333 g/mol. The lowest BCUT2D eigenvalue weighted by atomic mass is 9.52. The van der Waals surface area contributed by atoms with Crippen LogP contribution in [0.2, 0.25) is 0 Å². The van der Waals surface area contributed by atoms with Gasteiger partial charge in [-0.2, -0.15) is 5.10 Å². The highest BCUT2D eigenvalue weighted by molar-refractivity contribution is 5.81. The van der Waals surface area contributed by atoms with E-state index in [1.807, 2.05) is 19.4 Å². The van der Waals surface area contributed by atoms with Gasteiger partial charge in [-0.05, 0) is 30.1 Å². The lowest BCUT2D eigenvalue weighted by Gasteiger charge is -2.51. The molecule has 0 radical (unpaired) electrons. The molecule has 0 bridgehead atoms. The number of nitrogens with zero attached hydrogens (tertiary/aromatic N) is 2. The Bertz CT molecular complexity index is 625. The van der Waals surface area contributed by atoms with Crippen LogP contribution in [0.4, 0.5) is 0 Å². The molecule has 1 aliphatic carbocycles. The van der Waals surface area contributed by atoms with Gasteiger partial charge in [-0.1, -0.05) is 34.6 Å². The summed E-state index contributed by atoms with van der Waals surface area (Å²) in [6.07, 6.45) is 5.07. The van der Waals surface area contributed by atoms with Crippen LogP contribution in [0.15, 0.2) is 12.4 Å². The number of nitrogens with one attached hydrogen (secondary N) is 1. The molecule has 1 heterocycles. The quantitative estimate of drug-likeness (QED) is 0.899. The second kappa shape index (κ2) is 6.34. The largest absolute Gasteiger partial charge is 0.349 e. The van der Waals surface area contributed by atoms with Crippen LogP contribution in [-0.4, -0.2) is 21.5 Å². The first kappa shape index (κ1) is 18.7. The third-order valence-electron chi connectivity index (χ3n) is 5.62. The van der Waals surface area contributed by atoms with Gasteiger partial charge >= 0.3 is 0 Å². The summed E-state index contributed by atoms with van der Waals surface area (Å²) < 4.78 is 1.76. The molecule has 1 saturated carbocycles. The van der Waals surface area contributed by atoms with Crippen LogP contribution in [0, 0.1) is 22.7 Å². The zero-order valence-electron chi connectivity index (χ0n) is 16.0. The summed E-state index contributed by atoms with van der Waals surface area (Å²) in [6.45, 7) is 12.2. The average Bonchev–Trinajstić information content (AvgIpc) is 2.84. The van der Waals surface area contributed by atoms with Crippen LogP contribution < -0.4 is 5.32 Å². The number of hydrogen-bond acceptors (Lipinski definition) is 3. The molecule has 0 aromatic carbocycles. The Morgan fingerprint density at radius 3 is 2.46 bits per heavy atom. The van der Waals surface area contributed by atoms with Gasteiger partial charge in [0.05, 0.1) is 12.2 Å². The maximum Gasteiger partial charge on any atom is 0.220 e. The van der Waals surface area contributed by atoms with E-state index >= 15 is 0 Å². The molecule has 0 aliphatic heterocycles. The minimum absolute atomic E-state index is 0.0545. The van der Waals surface area contributed by atoms with E-state index in [0.29, 0.717) is 6.42 Å². The van der Waals surface area contributed by atoms with E-state index in [9.17, 15) is 9.59 Å². The van der Waals surface area contributed by atoms with E-state index < -0.39 is 0 Å². The van der Waals surface area contributed by atoms with Gasteiger partial charge in [0.15, 0.2) is 0 Å². The van der Waals surface area contributed by atoms with Crippen molar-refractivity contribution >= 4 is 11.7 Å². The molecule has 1 aliphatic rings. The molecular weight excluding hydrogens is 302 g/mol. The zero-order chi connectivity index (χ0) is 18.3. The molecular formula is C19H31N3O2. The van der Waals surface area contributed by atoms with Crippen molar-refractivity contribution in [3.63, 3.8) is 0 Å². The van der Waals surface area contributed by atoms with Crippen LogP contribution in [0.25, 0.3) is 0 Å². The summed E-state index contributed by atoms with van der Waals surface area (Å²) in [5, 5.41) is 7.42. The van der Waals surface area contributed by atoms with Gasteiger partial charge in [0, 0.05) is 31.1 Å². The lowest BCUT2D eigenvalue weighted by molar-refractivity contribution is -0.141. The second-order valence-electron chi connectivity index (χ2n) is 8.94. The van der Waals surface area contributed by atoms with Crippen molar-refractivity contribution in [3.8, 4) is 0 Å². The fourth-order valence-electron chi connectivity index (χ4n) is 3.89. The molecule has 0 spiro atoms. The number of amides is 1. The van der Waals surface area contributed by atoms with Gasteiger partial charge < -0.3 is 5.32 Å². The van der Waals surface area contributed by atoms with Crippen molar-refractivity contribution in [2.24, 2.45) is 29.7 Å². The van der Waals surface area contributed by atoms with Crippen molar-refractivity contribution in [2.75, 3.05) is 0 Å². The summed E-state index contributed by atoms with van der Waals surface area (Å²) in [4.78, 5) is 24.3. The van der Waals surface area contributed by atoms with Crippen molar-refractivity contribution in [1.29, 1.82) is 0 Å². The number of Topliss-reactive ketones (excluding diaryl/α,β-unsaturated/α-hetero) is 1. The van der Waals surface area contributed by atoms with Crippen LogP contribution in [0.3, 0.4) is 0 Å². The summed E-state index contributed by atoms with van der Waals surface area (Å²) >= 11 is 0. The fraction of sp³-hybridized carbons (Fsp3) is 0.737. The number of ketones is 1. The van der Waals surface area contributed by atoms with Gasteiger partial charge in [-0.3, -0.25) is 14.3 Å². The van der Waals surface area contributed by atoms with E-state index in [1.165, 1.54) is 0 Å². The Kier molecular flexibility index (Phi) is 4.93. The van der Waals surface area contributed by atoms with Gasteiger partial charge in [0.25, 0.3) is 0 Å². The predicted molar refractivity (Wildman–Crippen MR) is 94.2 cm³/mol. The Morgan fingerprint density at radius 1 is 1.42 bits per heavy atom. The highest BCUT2D eigenvalue weighted by Crippen LogP contribution is 2.53. The van der Waals surface area contributed by atoms with Crippen molar-refractivity contribution < 1.29 is 9.59 Å². The molecule has 1 fully saturated rings. The molecule has 3 atom stereocenters. The van der Waals surface area contributed by atoms with Gasteiger partial charge in [0.2, 0.25) is 5.91 Å². The standard InChI is InChI=1S/C19H31N3O2/c1-12(23)15-8-14(19(15,5)6)9-16(24)21-17(18(2,3)4)13-10-20-22(7)11-13/h10-11,14-15,17H,8-9H2,1-7H3,(H,21,24)/t14-,15+,17?/m1/s1. The summed E-state index contributed by atoms with van der Waals surface area (Å²) in [5.74, 6) is 0.645. The second-order valence-corrected chi connectivity index (χ2v) is 8.94. The third-order valence-corrected chi connectivity index (χ3v) is 5.62. The smallest absolute Gasteiger partial charge is 0.220 e. The molecule has 5 nitrogen and oxygen atoms in total. The van der Waals surface area contributed by atoms with Gasteiger partial charge in [-0.25, -0.2) is 0 Å². The number of aromatic nitrogens is 2.